The second kappa shape index (κ2) is 5.34. The van der Waals surface area contributed by atoms with E-state index < -0.39 is 5.60 Å². The average Bonchev–Trinajstić information content (AvgIpc) is 2.25. The first-order valence-electron chi connectivity index (χ1n) is 7.81. The van der Waals surface area contributed by atoms with E-state index in [1.165, 1.54) is 32.1 Å². The first-order chi connectivity index (χ1) is 8.82. The maximum absolute atomic E-state index is 11.7. The molecule has 0 saturated heterocycles. The topological polar surface area (TPSA) is 38.3 Å². The molecule has 0 atom stereocenters. The molecule has 1 spiro atoms. The summed E-state index contributed by atoms with van der Waals surface area (Å²) in [6.45, 7) is 8.01. The van der Waals surface area contributed by atoms with Crippen LogP contribution in [0.3, 0.4) is 0 Å². The van der Waals surface area contributed by atoms with Crippen LogP contribution in [0, 0.1) is 11.3 Å². The molecule has 2 saturated carbocycles. The van der Waals surface area contributed by atoms with Gasteiger partial charge in [-0.2, -0.15) is 0 Å². The van der Waals surface area contributed by atoms with Crippen molar-refractivity contribution in [1.82, 2.24) is 5.32 Å². The highest BCUT2D eigenvalue weighted by molar-refractivity contribution is 5.68. The van der Waals surface area contributed by atoms with E-state index >= 15 is 0 Å². The first-order valence-corrected chi connectivity index (χ1v) is 7.81. The highest BCUT2D eigenvalue weighted by atomic mass is 16.6. The van der Waals surface area contributed by atoms with Crippen LogP contribution in [-0.2, 0) is 4.74 Å². The average molecular weight is 267 g/mol. The summed E-state index contributed by atoms with van der Waals surface area (Å²) in [6, 6.07) is 0.341. The largest absolute Gasteiger partial charge is 0.444 e. The number of carbonyl (C=O) groups is 1. The molecular formula is C16H29NO2. The van der Waals surface area contributed by atoms with Crippen LogP contribution in [-0.4, -0.2) is 17.7 Å². The van der Waals surface area contributed by atoms with E-state index in [9.17, 15) is 4.79 Å². The Balaban J connectivity index is 1.70. The standard InChI is InChI=1S/C16H29NO2/c1-5-12-6-8-16(9-7-12)10-13(11-16)17-14(18)19-15(2,3)4/h12-13H,5-11H2,1-4H3,(H,17,18). The van der Waals surface area contributed by atoms with Crippen LogP contribution in [0.1, 0.15) is 72.6 Å². The van der Waals surface area contributed by atoms with Crippen LogP contribution < -0.4 is 5.32 Å². The van der Waals surface area contributed by atoms with E-state index in [0.29, 0.717) is 11.5 Å². The second-order valence-corrected chi connectivity index (χ2v) is 7.60. The Bertz CT molecular complexity index is 316. The highest BCUT2D eigenvalue weighted by Gasteiger charge is 2.46. The van der Waals surface area contributed by atoms with Crippen molar-refractivity contribution in [3.8, 4) is 0 Å². The fourth-order valence-corrected chi connectivity index (χ4v) is 3.67. The molecular weight excluding hydrogens is 238 g/mol. The summed E-state index contributed by atoms with van der Waals surface area (Å²) >= 11 is 0. The molecule has 110 valence electrons. The Morgan fingerprint density at radius 3 is 2.32 bits per heavy atom. The maximum Gasteiger partial charge on any atom is 0.407 e. The van der Waals surface area contributed by atoms with Gasteiger partial charge in [0, 0.05) is 6.04 Å². The summed E-state index contributed by atoms with van der Waals surface area (Å²) < 4.78 is 5.30. The van der Waals surface area contributed by atoms with E-state index in [0.717, 1.165) is 18.8 Å². The second-order valence-electron chi connectivity index (χ2n) is 7.60. The zero-order valence-corrected chi connectivity index (χ0v) is 12.9. The lowest BCUT2D eigenvalue weighted by Gasteiger charge is -2.51. The van der Waals surface area contributed by atoms with Crippen molar-refractivity contribution in [2.75, 3.05) is 0 Å². The Morgan fingerprint density at radius 1 is 1.26 bits per heavy atom. The summed E-state index contributed by atoms with van der Waals surface area (Å²) in [7, 11) is 0. The summed E-state index contributed by atoms with van der Waals surface area (Å²) in [4.78, 5) is 11.7. The van der Waals surface area contributed by atoms with Crippen molar-refractivity contribution in [1.29, 1.82) is 0 Å². The molecule has 0 heterocycles. The van der Waals surface area contributed by atoms with Crippen LogP contribution in [0.5, 0.6) is 0 Å². The molecule has 2 fully saturated rings. The molecule has 0 bridgehead atoms. The SMILES string of the molecule is CCC1CCC2(CC1)CC(NC(=O)OC(C)(C)C)C2. The zero-order valence-electron chi connectivity index (χ0n) is 12.9. The predicted molar refractivity (Wildman–Crippen MR) is 77.1 cm³/mol. The molecule has 3 heteroatoms. The van der Waals surface area contributed by atoms with Crippen molar-refractivity contribution in [3.63, 3.8) is 0 Å². The van der Waals surface area contributed by atoms with Crippen LogP contribution >= 0.6 is 0 Å². The van der Waals surface area contributed by atoms with Crippen molar-refractivity contribution < 1.29 is 9.53 Å². The molecule has 1 amide bonds. The Labute approximate surface area is 117 Å². The van der Waals surface area contributed by atoms with E-state index in [1.807, 2.05) is 20.8 Å². The molecule has 2 aliphatic rings. The molecule has 2 aliphatic carbocycles. The first kappa shape index (κ1) is 14.7. The summed E-state index contributed by atoms with van der Waals surface area (Å²) in [6.07, 6.45) is 8.87. The molecule has 2 rings (SSSR count). The van der Waals surface area contributed by atoms with Gasteiger partial charge in [-0.1, -0.05) is 13.3 Å². The summed E-state index contributed by atoms with van der Waals surface area (Å²) in [5.41, 5.74) is 0.149. The van der Waals surface area contributed by atoms with Gasteiger partial charge in [0.05, 0.1) is 0 Å². The van der Waals surface area contributed by atoms with Gasteiger partial charge in [0.1, 0.15) is 5.60 Å². The van der Waals surface area contributed by atoms with E-state index in [2.05, 4.69) is 12.2 Å². The molecule has 1 N–H and O–H groups in total. The van der Waals surface area contributed by atoms with E-state index in [4.69, 9.17) is 4.74 Å². The molecule has 0 aromatic rings. The van der Waals surface area contributed by atoms with Crippen molar-refractivity contribution >= 4 is 6.09 Å². The summed E-state index contributed by atoms with van der Waals surface area (Å²) in [5.74, 6) is 0.948. The minimum atomic E-state index is -0.398. The Kier molecular flexibility index (Phi) is 4.12. The van der Waals surface area contributed by atoms with Crippen LogP contribution in [0.4, 0.5) is 4.79 Å². The number of alkyl carbamates (subject to hydrolysis) is 1. The third-order valence-electron chi connectivity index (χ3n) is 4.82. The number of nitrogens with one attached hydrogen (secondary N) is 1. The van der Waals surface area contributed by atoms with Crippen LogP contribution in [0.2, 0.25) is 0 Å². The maximum atomic E-state index is 11.7. The zero-order chi connectivity index (χ0) is 14.1. The molecule has 0 unspecified atom stereocenters. The smallest absolute Gasteiger partial charge is 0.407 e. The lowest BCUT2D eigenvalue weighted by molar-refractivity contribution is 0.00769. The summed E-state index contributed by atoms with van der Waals surface area (Å²) in [5, 5.41) is 3.01. The van der Waals surface area contributed by atoms with Gasteiger partial charge < -0.3 is 10.1 Å². The number of carbonyl (C=O) groups excluding carboxylic acids is 1. The lowest BCUT2D eigenvalue weighted by atomic mass is 9.57. The van der Waals surface area contributed by atoms with Gasteiger partial charge in [0.15, 0.2) is 0 Å². The van der Waals surface area contributed by atoms with Gasteiger partial charge in [-0.25, -0.2) is 4.79 Å². The predicted octanol–water partition coefficient (Wildman–Crippen LogP) is 4.26. The highest BCUT2D eigenvalue weighted by Crippen LogP contribution is 2.53. The number of hydrogen-bond acceptors (Lipinski definition) is 2. The third kappa shape index (κ3) is 3.87. The van der Waals surface area contributed by atoms with Crippen LogP contribution in [0.25, 0.3) is 0 Å². The van der Waals surface area contributed by atoms with Gasteiger partial charge in [0.25, 0.3) is 0 Å². The molecule has 0 aliphatic heterocycles. The minimum absolute atomic E-state index is 0.255. The molecule has 0 aromatic carbocycles. The van der Waals surface area contributed by atoms with Gasteiger partial charge >= 0.3 is 6.09 Å². The van der Waals surface area contributed by atoms with Crippen LogP contribution in [0.15, 0.2) is 0 Å². The van der Waals surface area contributed by atoms with Gasteiger partial charge in [-0.15, -0.1) is 0 Å². The monoisotopic (exact) mass is 267 g/mol. The van der Waals surface area contributed by atoms with Crippen molar-refractivity contribution in [3.05, 3.63) is 0 Å². The quantitative estimate of drug-likeness (QED) is 0.811. The lowest BCUT2D eigenvalue weighted by Crippen LogP contribution is -2.52. The number of amides is 1. The molecule has 0 radical (unpaired) electrons. The Hall–Kier alpha value is -0.730. The van der Waals surface area contributed by atoms with Gasteiger partial charge in [0.2, 0.25) is 0 Å². The van der Waals surface area contributed by atoms with Crippen molar-refractivity contribution in [2.45, 2.75) is 84.3 Å². The third-order valence-corrected chi connectivity index (χ3v) is 4.82. The Morgan fingerprint density at radius 2 is 1.84 bits per heavy atom. The molecule has 0 aromatic heterocycles. The normalized spacial score (nSPS) is 34.7. The minimum Gasteiger partial charge on any atom is -0.444 e. The molecule has 3 nitrogen and oxygen atoms in total. The number of hydrogen-bond donors (Lipinski definition) is 1. The fourth-order valence-electron chi connectivity index (χ4n) is 3.67. The van der Waals surface area contributed by atoms with Crippen molar-refractivity contribution in [2.24, 2.45) is 11.3 Å². The van der Waals surface area contributed by atoms with E-state index in [-0.39, 0.29) is 6.09 Å². The molecule has 19 heavy (non-hydrogen) atoms. The van der Waals surface area contributed by atoms with Gasteiger partial charge in [-0.05, 0) is 70.6 Å². The van der Waals surface area contributed by atoms with E-state index in [1.54, 1.807) is 0 Å². The van der Waals surface area contributed by atoms with Gasteiger partial charge in [-0.3, -0.25) is 0 Å². The fraction of sp³-hybridized carbons (Fsp3) is 0.938. The number of rotatable bonds is 2. The number of ether oxygens (including phenoxy) is 1.